The molecule has 2 heterocycles. The third-order valence-corrected chi connectivity index (χ3v) is 5.14. The minimum atomic E-state index is -1.08. The highest BCUT2D eigenvalue weighted by Crippen LogP contribution is 2.38. The zero-order valence-corrected chi connectivity index (χ0v) is 17.6. The first-order valence-electron chi connectivity index (χ1n) is 9.74. The summed E-state index contributed by atoms with van der Waals surface area (Å²) in [5, 5.41) is 10.5. The zero-order chi connectivity index (χ0) is 21.8. The number of amides is 1. The van der Waals surface area contributed by atoms with E-state index in [1.807, 2.05) is 58.0 Å². The van der Waals surface area contributed by atoms with E-state index in [9.17, 15) is 9.18 Å². The van der Waals surface area contributed by atoms with Gasteiger partial charge in [0.05, 0.1) is 23.9 Å². The van der Waals surface area contributed by atoms with Crippen molar-refractivity contribution in [3.63, 3.8) is 0 Å². The van der Waals surface area contributed by atoms with Gasteiger partial charge in [0.15, 0.2) is 0 Å². The van der Waals surface area contributed by atoms with E-state index in [0.717, 1.165) is 5.56 Å². The number of nitrogens with one attached hydrogen (secondary N) is 1. The Balaban J connectivity index is 1.45. The van der Waals surface area contributed by atoms with Crippen molar-refractivity contribution in [2.75, 3.05) is 6.54 Å². The standard InChI is InChI=1S/C20H26BFN4O4/c1-19(2)20(3,4)30-21(29-19)17(22)12-16-13-26(25-24-16)11-10-23-18(27)28-14-15-8-6-5-7-9-15/h5-9,12-13H,10-11,14H2,1-4H3,(H,23,27). The highest BCUT2D eigenvalue weighted by Gasteiger charge is 2.53. The van der Waals surface area contributed by atoms with E-state index in [0.29, 0.717) is 18.8 Å². The molecule has 0 atom stereocenters. The van der Waals surface area contributed by atoms with Crippen LogP contribution in [-0.4, -0.2) is 46.0 Å². The molecule has 0 unspecified atom stereocenters. The molecule has 0 bridgehead atoms. The van der Waals surface area contributed by atoms with E-state index in [1.165, 1.54) is 10.8 Å². The molecule has 1 fully saturated rings. The molecular formula is C20H26BFN4O4. The van der Waals surface area contributed by atoms with Crippen LogP contribution in [0.25, 0.3) is 6.08 Å². The van der Waals surface area contributed by atoms with E-state index in [1.54, 1.807) is 6.20 Å². The first-order valence-corrected chi connectivity index (χ1v) is 9.74. The normalized spacial score (nSPS) is 17.8. The van der Waals surface area contributed by atoms with Crippen molar-refractivity contribution >= 4 is 19.3 Å². The van der Waals surface area contributed by atoms with Gasteiger partial charge in [-0.2, -0.15) is 0 Å². The lowest BCUT2D eigenvalue weighted by molar-refractivity contribution is 0.00578. The van der Waals surface area contributed by atoms with Crippen molar-refractivity contribution in [2.24, 2.45) is 0 Å². The van der Waals surface area contributed by atoms with Gasteiger partial charge in [-0.25, -0.2) is 9.18 Å². The van der Waals surface area contributed by atoms with Crippen molar-refractivity contribution in [1.82, 2.24) is 20.3 Å². The molecule has 3 rings (SSSR count). The molecule has 1 aliphatic rings. The maximum Gasteiger partial charge on any atom is 0.525 e. The second kappa shape index (κ2) is 8.97. The first-order chi connectivity index (χ1) is 14.2. The predicted molar refractivity (Wildman–Crippen MR) is 110 cm³/mol. The molecule has 1 saturated heterocycles. The average molecular weight is 416 g/mol. The molecule has 160 valence electrons. The van der Waals surface area contributed by atoms with Crippen molar-refractivity contribution < 1.29 is 23.2 Å². The van der Waals surface area contributed by atoms with Gasteiger partial charge in [0, 0.05) is 6.54 Å². The maximum absolute atomic E-state index is 14.5. The molecule has 1 aromatic carbocycles. The van der Waals surface area contributed by atoms with Crippen molar-refractivity contribution in [1.29, 1.82) is 0 Å². The second-order valence-electron chi connectivity index (χ2n) is 8.01. The Labute approximate surface area is 175 Å². The van der Waals surface area contributed by atoms with Gasteiger partial charge in [0.2, 0.25) is 0 Å². The van der Waals surface area contributed by atoms with Gasteiger partial charge in [0.25, 0.3) is 0 Å². The number of aromatic nitrogens is 3. The average Bonchev–Trinajstić information content (AvgIpc) is 3.22. The van der Waals surface area contributed by atoms with Gasteiger partial charge in [-0.15, -0.1) is 5.10 Å². The Morgan fingerprint density at radius 1 is 1.23 bits per heavy atom. The Morgan fingerprint density at radius 3 is 2.57 bits per heavy atom. The van der Waals surface area contributed by atoms with Crippen molar-refractivity contribution in [3.8, 4) is 0 Å². The van der Waals surface area contributed by atoms with E-state index in [-0.39, 0.29) is 6.61 Å². The van der Waals surface area contributed by atoms with Crippen LogP contribution >= 0.6 is 0 Å². The number of nitrogens with zero attached hydrogens (tertiary/aromatic N) is 3. The number of benzene rings is 1. The SMILES string of the molecule is CC1(C)OB(C(F)=Cc2cn(CCNC(=O)OCc3ccccc3)nn2)OC1(C)C. The zero-order valence-electron chi connectivity index (χ0n) is 17.6. The summed E-state index contributed by atoms with van der Waals surface area (Å²) in [5.41, 5.74) is -0.593. The lowest BCUT2D eigenvalue weighted by Gasteiger charge is -2.32. The van der Waals surface area contributed by atoms with E-state index < -0.39 is 30.1 Å². The van der Waals surface area contributed by atoms with E-state index in [2.05, 4.69) is 15.6 Å². The van der Waals surface area contributed by atoms with Crippen molar-refractivity contribution in [3.05, 3.63) is 53.5 Å². The largest absolute Gasteiger partial charge is 0.525 e. The van der Waals surface area contributed by atoms with Gasteiger partial charge < -0.3 is 19.4 Å². The van der Waals surface area contributed by atoms with Crippen LogP contribution in [0.1, 0.15) is 39.0 Å². The van der Waals surface area contributed by atoms with Crippen LogP contribution in [0.15, 0.2) is 42.3 Å². The summed E-state index contributed by atoms with van der Waals surface area (Å²) in [6, 6.07) is 9.40. The van der Waals surface area contributed by atoms with Gasteiger partial charge in [-0.1, -0.05) is 35.5 Å². The van der Waals surface area contributed by atoms with Crippen LogP contribution < -0.4 is 5.32 Å². The summed E-state index contributed by atoms with van der Waals surface area (Å²) < 4.78 is 32.5. The van der Waals surface area contributed by atoms with Crippen LogP contribution in [0.5, 0.6) is 0 Å². The predicted octanol–water partition coefficient (Wildman–Crippen LogP) is 3.15. The minimum absolute atomic E-state index is 0.198. The van der Waals surface area contributed by atoms with Gasteiger partial charge in [-0.05, 0) is 39.3 Å². The molecule has 1 amide bonds. The monoisotopic (exact) mass is 416 g/mol. The number of carbonyl (C=O) groups excluding carboxylic acids is 1. The number of hydrogen-bond donors (Lipinski definition) is 1. The van der Waals surface area contributed by atoms with Gasteiger partial charge in [0.1, 0.15) is 18.0 Å². The van der Waals surface area contributed by atoms with Crippen LogP contribution in [-0.2, 0) is 27.2 Å². The molecule has 2 aromatic rings. The Morgan fingerprint density at radius 2 is 1.90 bits per heavy atom. The Kier molecular flexibility index (Phi) is 6.57. The lowest BCUT2D eigenvalue weighted by atomic mass is 9.87. The minimum Gasteiger partial charge on any atom is -0.445 e. The smallest absolute Gasteiger partial charge is 0.445 e. The molecule has 1 aliphatic heterocycles. The summed E-state index contributed by atoms with van der Waals surface area (Å²) in [6.07, 6.45) is 2.28. The highest BCUT2D eigenvalue weighted by atomic mass is 19.1. The molecule has 30 heavy (non-hydrogen) atoms. The van der Waals surface area contributed by atoms with Crippen LogP contribution in [0, 0.1) is 0 Å². The number of alkyl carbamates (subject to hydrolysis) is 1. The molecule has 1 N–H and O–H groups in total. The summed E-state index contributed by atoms with van der Waals surface area (Å²) in [4.78, 5) is 11.7. The van der Waals surface area contributed by atoms with Crippen LogP contribution in [0.4, 0.5) is 9.18 Å². The lowest BCUT2D eigenvalue weighted by Crippen LogP contribution is -2.41. The fraction of sp³-hybridized carbons (Fsp3) is 0.450. The van der Waals surface area contributed by atoms with Gasteiger partial charge >= 0.3 is 13.2 Å². The summed E-state index contributed by atoms with van der Waals surface area (Å²) in [7, 11) is -1.08. The number of halogens is 1. The fourth-order valence-corrected chi connectivity index (χ4v) is 2.70. The molecule has 1 aromatic heterocycles. The second-order valence-corrected chi connectivity index (χ2v) is 8.01. The Bertz CT molecular complexity index is 885. The molecule has 0 saturated carbocycles. The van der Waals surface area contributed by atoms with Crippen molar-refractivity contribution in [2.45, 2.75) is 52.0 Å². The third-order valence-electron chi connectivity index (χ3n) is 5.14. The molecular weight excluding hydrogens is 390 g/mol. The van der Waals surface area contributed by atoms with E-state index >= 15 is 0 Å². The fourth-order valence-electron chi connectivity index (χ4n) is 2.70. The van der Waals surface area contributed by atoms with Gasteiger partial charge in [-0.3, -0.25) is 4.68 Å². The number of rotatable bonds is 7. The molecule has 10 heteroatoms. The Hall–Kier alpha value is -2.72. The first kappa shape index (κ1) is 22.0. The topological polar surface area (TPSA) is 87.5 Å². The van der Waals surface area contributed by atoms with Crippen LogP contribution in [0.2, 0.25) is 0 Å². The summed E-state index contributed by atoms with van der Waals surface area (Å²) in [5.74, 6) is 0. The number of hydrogen-bond acceptors (Lipinski definition) is 6. The quantitative estimate of drug-likeness (QED) is 0.698. The third kappa shape index (κ3) is 5.45. The summed E-state index contributed by atoms with van der Waals surface area (Å²) >= 11 is 0. The molecule has 0 aliphatic carbocycles. The molecule has 0 radical (unpaired) electrons. The summed E-state index contributed by atoms with van der Waals surface area (Å²) in [6.45, 7) is 8.27. The molecule has 8 nitrogen and oxygen atoms in total. The number of ether oxygens (including phenoxy) is 1. The van der Waals surface area contributed by atoms with E-state index in [4.69, 9.17) is 14.0 Å². The highest BCUT2D eigenvalue weighted by molar-refractivity contribution is 6.54. The number of carbonyl (C=O) groups is 1. The van der Waals surface area contributed by atoms with Crippen LogP contribution in [0.3, 0.4) is 0 Å². The maximum atomic E-state index is 14.5. The molecule has 0 spiro atoms.